The molecule has 5 nitrogen and oxygen atoms in total. The normalized spacial score (nSPS) is 13.5. The molecule has 2 aromatic heterocycles. The van der Waals surface area contributed by atoms with Gasteiger partial charge in [-0.05, 0) is 16.9 Å². The van der Waals surface area contributed by atoms with Crippen LogP contribution in [0.15, 0.2) is 41.1 Å². The van der Waals surface area contributed by atoms with Crippen LogP contribution in [0.1, 0.15) is 32.7 Å². The van der Waals surface area contributed by atoms with Gasteiger partial charge < -0.3 is 10.3 Å². The van der Waals surface area contributed by atoms with E-state index in [1.54, 1.807) is 6.20 Å². The maximum atomic E-state index is 6.16. The third-order valence-corrected chi connectivity index (χ3v) is 3.53. The minimum Gasteiger partial charge on any atom is -0.337 e. The summed E-state index contributed by atoms with van der Waals surface area (Å²) in [5.74, 6) is 0.911. The Bertz CT molecular complexity index is 768. The topological polar surface area (TPSA) is 77.8 Å². The smallest absolute Gasteiger partial charge is 0.244 e. The van der Waals surface area contributed by atoms with Crippen LogP contribution < -0.4 is 5.73 Å². The molecule has 0 amide bonds. The second kappa shape index (κ2) is 4.93. The Morgan fingerprint density at radius 1 is 1.14 bits per heavy atom. The summed E-state index contributed by atoms with van der Waals surface area (Å²) in [5.41, 5.74) is 6.73. The maximum Gasteiger partial charge on any atom is 0.244 e. The van der Waals surface area contributed by atoms with Crippen LogP contribution >= 0.6 is 0 Å². The second-order valence-corrected chi connectivity index (χ2v) is 6.18. The predicted octanol–water partition coefficient (Wildman–Crippen LogP) is 3.33. The average molecular weight is 282 g/mol. The lowest BCUT2D eigenvalue weighted by atomic mass is 9.87. The summed E-state index contributed by atoms with van der Waals surface area (Å²) in [4.78, 5) is 8.82. The number of hydrogen-bond donors (Lipinski definition) is 1. The van der Waals surface area contributed by atoms with Gasteiger partial charge in [0.1, 0.15) is 5.69 Å². The van der Waals surface area contributed by atoms with E-state index in [9.17, 15) is 0 Å². The molecule has 21 heavy (non-hydrogen) atoms. The van der Waals surface area contributed by atoms with Crippen molar-refractivity contribution in [1.29, 1.82) is 0 Å². The highest BCUT2D eigenvalue weighted by Gasteiger charge is 2.28. The van der Waals surface area contributed by atoms with E-state index in [1.165, 1.54) is 0 Å². The van der Waals surface area contributed by atoms with Gasteiger partial charge in [-0.1, -0.05) is 50.2 Å². The highest BCUT2D eigenvalue weighted by atomic mass is 16.5. The van der Waals surface area contributed by atoms with Crippen molar-refractivity contribution >= 4 is 10.8 Å². The highest BCUT2D eigenvalue weighted by molar-refractivity contribution is 5.92. The van der Waals surface area contributed by atoms with Crippen LogP contribution in [0.3, 0.4) is 0 Å². The molecule has 1 atom stereocenters. The number of aromatic nitrogens is 3. The molecule has 0 saturated carbocycles. The van der Waals surface area contributed by atoms with Crippen LogP contribution in [0.4, 0.5) is 0 Å². The van der Waals surface area contributed by atoms with Gasteiger partial charge >= 0.3 is 0 Å². The van der Waals surface area contributed by atoms with Gasteiger partial charge in [0.15, 0.2) is 0 Å². The van der Waals surface area contributed by atoms with Gasteiger partial charge in [0.25, 0.3) is 0 Å². The van der Waals surface area contributed by atoms with Crippen molar-refractivity contribution in [2.24, 2.45) is 11.1 Å². The Kier molecular flexibility index (Phi) is 3.22. The van der Waals surface area contributed by atoms with E-state index >= 15 is 0 Å². The zero-order valence-corrected chi connectivity index (χ0v) is 12.4. The molecule has 0 aliphatic rings. The van der Waals surface area contributed by atoms with E-state index in [2.05, 4.69) is 15.1 Å². The molecule has 2 heterocycles. The molecule has 108 valence electrons. The van der Waals surface area contributed by atoms with Crippen LogP contribution in [0.5, 0.6) is 0 Å². The lowest BCUT2D eigenvalue weighted by Crippen LogP contribution is -2.26. The van der Waals surface area contributed by atoms with Gasteiger partial charge in [-0.25, -0.2) is 0 Å². The van der Waals surface area contributed by atoms with E-state index in [4.69, 9.17) is 10.3 Å². The first kappa shape index (κ1) is 13.7. The van der Waals surface area contributed by atoms with Gasteiger partial charge in [-0.15, -0.1) is 0 Å². The van der Waals surface area contributed by atoms with Gasteiger partial charge in [0.05, 0.1) is 6.04 Å². The first-order chi connectivity index (χ1) is 9.97. The summed E-state index contributed by atoms with van der Waals surface area (Å²) >= 11 is 0. The quantitative estimate of drug-likeness (QED) is 0.780. The van der Waals surface area contributed by atoms with E-state index < -0.39 is 0 Å². The molecular weight excluding hydrogens is 264 g/mol. The molecule has 0 spiro atoms. The summed E-state index contributed by atoms with van der Waals surface area (Å²) in [6.07, 6.45) is 1.75. The highest BCUT2D eigenvalue weighted by Crippen LogP contribution is 2.31. The number of rotatable bonds is 2. The molecule has 2 N–H and O–H groups in total. The van der Waals surface area contributed by atoms with E-state index in [1.807, 2.05) is 51.1 Å². The summed E-state index contributed by atoms with van der Waals surface area (Å²) in [7, 11) is 0. The summed E-state index contributed by atoms with van der Waals surface area (Å²) < 4.78 is 5.33. The van der Waals surface area contributed by atoms with Crippen molar-refractivity contribution in [2.45, 2.75) is 26.8 Å². The Labute approximate surface area is 123 Å². The Morgan fingerprint density at radius 2 is 1.90 bits per heavy atom. The van der Waals surface area contributed by atoms with Gasteiger partial charge in [0.2, 0.25) is 11.7 Å². The Hall–Kier alpha value is -2.27. The van der Waals surface area contributed by atoms with E-state index in [-0.39, 0.29) is 11.5 Å². The third kappa shape index (κ3) is 2.52. The first-order valence-corrected chi connectivity index (χ1v) is 6.90. The Balaban J connectivity index is 2.07. The molecule has 0 aliphatic heterocycles. The third-order valence-electron chi connectivity index (χ3n) is 3.53. The van der Waals surface area contributed by atoms with Gasteiger partial charge in [-0.3, -0.25) is 4.98 Å². The number of fused-ring (bicyclic) bond motifs is 1. The Morgan fingerprint density at radius 3 is 2.67 bits per heavy atom. The largest absolute Gasteiger partial charge is 0.337 e. The van der Waals surface area contributed by atoms with Crippen LogP contribution in [-0.2, 0) is 0 Å². The lowest BCUT2D eigenvalue weighted by Gasteiger charge is -2.23. The van der Waals surface area contributed by atoms with Gasteiger partial charge in [0, 0.05) is 11.6 Å². The van der Waals surface area contributed by atoms with Crippen LogP contribution in [0.2, 0.25) is 0 Å². The number of pyridine rings is 1. The minimum atomic E-state index is -0.311. The van der Waals surface area contributed by atoms with Crippen LogP contribution in [0, 0.1) is 5.41 Å². The molecule has 0 bridgehead atoms. The van der Waals surface area contributed by atoms with E-state index in [0.717, 1.165) is 10.8 Å². The number of hydrogen-bond acceptors (Lipinski definition) is 5. The van der Waals surface area contributed by atoms with Crippen molar-refractivity contribution in [3.05, 3.63) is 42.4 Å². The zero-order valence-electron chi connectivity index (χ0n) is 12.4. The predicted molar refractivity (Wildman–Crippen MR) is 81.4 cm³/mol. The molecule has 0 unspecified atom stereocenters. The monoisotopic (exact) mass is 282 g/mol. The lowest BCUT2D eigenvalue weighted by molar-refractivity contribution is 0.253. The minimum absolute atomic E-state index is 0.143. The molecule has 3 rings (SSSR count). The van der Waals surface area contributed by atoms with Crippen LogP contribution in [0.25, 0.3) is 22.3 Å². The van der Waals surface area contributed by atoms with Gasteiger partial charge in [-0.2, -0.15) is 4.98 Å². The molecular formula is C16H18N4O. The van der Waals surface area contributed by atoms with Crippen molar-refractivity contribution in [2.75, 3.05) is 0 Å². The first-order valence-electron chi connectivity index (χ1n) is 6.90. The molecule has 3 aromatic rings. The molecule has 1 aromatic carbocycles. The fourth-order valence-electron chi connectivity index (χ4n) is 2.13. The standard InChI is InChI=1S/C16H18N4O/c1-16(2,3)13(17)15-19-14(20-21-15)12-11-7-5-4-6-10(11)8-9-18-12/h4-9,13H,17H2,1-3H3/t13-/m0/s1. The SMILES string of the molecule is CC(C)(C)[C@@H](N)c1nc(-c2nccc3ccccc23)no1. The summed E-state index contributed by atoms with van der Waals surface area (Å²) in [6.45, 7) is 6.12. The molecule has 0 fully saturated rings. The number of benzene rings is 1. The van der Waals surface area contributed by atoms with Crippen molar-refractivity contribution < 1.29 is 4.52 Å². The fourth-order valence-corrected chi connectivity index (χ4v) is 2.13. The number of nitrogens with two attached hydrogens (primary N) is 1. The molecule has 0 radical (unpaired) electrons. The molecule has 0 aliphatic carbocycles. The van der Waals surface area contributed by atoms with Crippen LogP contribution in [-0.4, -0.2) is 15.1 Å². The zero-order chi connectivity index (χ0) is 15.0. The summed E-state index contributed by atoms with van der Waals surface area (Å²) in [5, 5.41) is 6.13. The number of nitrogens with zero attached hydrogens (tertiary/aromatic N) is 3. The van der Waals surface area contributed by atoms with Crippen molar-refractivity contribution in [3.8, 4) is 11.5 Å². The van der Waals surface area contributed by atoms with Crippen molar-refractivity contribution in [3.63, 3.8) is 0 Å². The summed E-state index contributed by atoms with van der Waals surface area (Å²) in [6, 6.07) is 9.63. The average Bonchev–Trinajstić information content (AvgIpc) is 2.94. The fraction of sp³-hybridized carbons (Fsp3) is 0.312. The second-order valence-electron chi connectivity index (χ2n) is 6.18. The van der Waals surface area contributed by atoms with Crippen molar-refractivity contribution in [1.82, 2.24) is 15.1 Å². The van der Waals surface area contributed by atoms with E-state index in [0.29, 0.717) is 17.4 Å². The molecule has 5 heteroatoms. The molecule has 0 saturated heterocycles. The maximum absolute atomic E-state index is 6.16.